The van der Waals surface area contributed by atoms with Crippen LogP contribution in [-0.4, -0.2) is 72.0 Å². The third-order valence-corrected chi connectivity index (χ3v) is 7.92. The summed E-state index contributed by atoms with van der Waals surface area (Å²) in [6, 6.07) is 11.2. The fraction of sp³-hybridized carbons (Fsp3) is 0.375. The molecule has 1 aromatic carbocycles. The van der Waals surface area contributed by atoms with Gasteiger partial charge in [0.15, 0.2) is 11.6 Å². The molecule has 184 valence electrons. The number of piperazine rings is 1. The first-order valence-electron chi connectivity index (χ1n) is 11.8. The molecule has 0 unspecified atom stereocenters. The third-order valence-electron chi connectivity index (χ3n) is 6.05. The number of benzene rings is 1. The summed E-state index contributed by atoms with van der Waals surface area (Å²) in [6.45, 7) is 5.67. The first kappa shape index (κ1) is 23.3. The van der Waals surface area contributed by atoms with Crippen LogP contribution < -0.4 is 14.9 Å². The smallest absolute Gasteiger partial charge is 0.235 e. The van der Waals surface area contributed by atoms with Crippen molar-refractivity contribution in [3.05, 3.63) is 53.5 Å². The number of H-pyrrole nitrogens is 1. The minimum atomic E-state index is -3.30. The molecule has 11 heteroatoms. The topological polar surface area (TPSA) is 119 Å². The van der Waals surface area contributed by atoms with Crippen molar-refractivity contribution in [1.82, 2.24) is 25.1 Å². The number of anilines is 4. The summed E-state index contributed by atoms with van der Waals surface area (Å²) in [5, 5.41) is 10.2. The van der Waals surface area contributed by atoms with Crippen LogP contribution in [0.2, 0.25) is 0 Å². The van der Waals surface area contributed by atoms with E-state index in [1.165, 1.54) is 0 Å². The van der Waals surface area contributed by atoms with E-state index in [0.29, 0.717) is 23.1 Å². The van der Waals surface area contributed by atoms with Gasteiger partial charge in [0.25, 0.3) is 0 Å². The van der Waals surface area contributed by atoms with Gasteiger partial charge in [0.05, 0.1) is 5.25 Å². The monoisotopic (exact) mass is 494 g/mol. The summed E-state index contributed by atoms with van der Waals surface area (Å²) in [5.74, 6) is 2.76. The number of sulfonamides is 1. The molecule has 3 heterocycles. The minimum absolute atomic E-state index is 0.267. The Bertz CT molecular complexity index is 1320. The highest BCUT2D eigenvalue weighted by Gasteiger charge is 2.35. The Labute approximate surface area is 205 Å². The normalized spacial score (nSPS) is 17.1. The molecule has 3 aromatic rings. The van der Waals surface area contributed by atoms with Gasteiger partial charge in [-0.25, -0.2) is 18.4 Å². The number of hydrogen-bond acceptors (Lipinski definition) is 8. The molecule has 0 bridgehead atoms. The highest BCUT2D eigenvalue weighted by atomic mass is 32.2. The molecule has 3 N–H and O–H groups in total. The zero-order valence-corrected chi connectivity index (χ0v) is 20.7. The number of aromatic nitrogens is 4. The zero-order chi connectivity index (χ0) is 24.4. The van der Waals surface area contributed by atoms with Crippen LogP contribution in [0.4, 0.5) is 23.1 Å². The second kappa shape index (κ2) is 9.67. The average Bonchev–Trinajstić information content (AvgIpc) is 3.62. The molecule has 0 atom stereocenters. The fourth-order valence-electron chi connectivity index (χ4n) is 3.90. The number of rotatable bonds is 8. The first-order valence-corrected chi connectivity index (χ1v) is 13.3. The van der Waals surface area contributed by atoms with Crippen molar-refractivity contribution in [2.75, 3.05) is 48.2 Å². The minimum Gasteiger partial charge on any atom is -0.354 e. The van der Waals surface area contributed by atoms with Crippen LogP contribution in [-0.2, 0) is 10.0 Å². The number of likely N-dealkylation sites (N-methyl/N-ethyl adjacent to an activating group) is 1. The van der Waals surface area contributed by atoms with Crippen molar-refractivity contribution in [3.63, 3.8) is 0 Å². The molecule has 2 fully saturated rings. The largest absolute Gasteiger partial charge is 0.354 e. The number of hydrogen-bond donors (Lipinski definition) is 3. The van der Waals surface area contributed by atoms with Gasteiger partial charge in [-0.2, -0.15) is 5.10 Å². The van der Waals surface area contributed by atoms with Crippen molar-refractivity contribution in [3.8, 4) is 0 Å². The van der Waals surface area contributed by atoms with Gasteiger partial charge in [0.1, 0.15) is 11.6 Å². The lowest BCUT2D eigenvalue weighted by molar-refractivity contribution is 0.312. The van der Waals surface area contributed by atoms with Crippen LogP contribution in [0.15, 0.2) is 36.4 Å². The van der Waals surface area contributed by atoms with Gasteiger partial charge in [0.2, 0.25) is 10.0 Å². The Morgan fingerprint density at radius 1 is 1.03 bits per heavy atom. The maximum atomic E-state index is 12.3. The molecule has 1 aliphatic heterocycles. The van der Waals surface area contributed by atoms with Gasteiger partial charge in [0, 0.05) is 49.7 Å². The summed E-state index contributed by atoms with van der Waals surface area (Å²) in [6.07, 6.45) is 5.18. The second-order valence-electron chi connectivity index (χ2n) is 9.13. The van der Waals surface area contributed by atoms with Gasteiger partial charge >= 0.3 is 0 Å². The molecular formula is C24H30N8O2S. The molecule has 1 saturated heterocycles. The lowest BCUT2D eigenvalue weighted by atomic mass is 10.2. The van der Waals surface area contributed by atoms with E-state index in [1.807, 2.05) is 49.4 Å². The second-order valence-corrected chi connectivity index (χ2v) is 11.1. The van der Waals surface area contributed by atoms with Crippen molar-refractivity contribution < 1.29 is 8.42 Å². The third kappa shape index (κ3) is 5.98. The van der Waals surface area contributed by atoms with Crippen LogP contribution in [0.1, 0.15) is 29.9 Å². The van der Waals surface area contributed by atoms with Crippen LogP contribution in [0.25, 0.3) is 12.2 Å². The molecule has 2 aromatic heterocycles. The quantitative estimate of drug-likeness (QED) is 0.437. The Morgan fingerprint density at radius 2 is 1.83 bits per heavy atom. The SMILES string of the molecule is Cc1cc(Nc2cc(N3CCN(C)CC3)nc(C=Cc3cccc(NS(=O)(=O)C4CC4)c3)n2)n[nH]1. The molecule has 0 radical (unpaired) electrons. The van der Waals surface area contributed by atoms with Crippen LogP contribution in [0, 0.1) is 6.92 Å². The molecule has 10 nitrogen and oxygen atoms in total. The van der Waals surface area contributed by atoms with E-state index in [4.69, 9.17) is 4.98 Å². The average molecular weight is 495 g/mol. The highest BCUT2D eigenvalue weighted by Crippen LogP contribution is 2.30. The number of aryl methyl sites for hydroxylation is 1. The van der Waals surface area contributed by atoms with Crippen molar-refractivity contribution in [2.24, 2.45) is 0 Å². The zero-order valence-electron chi connectivity index (χ0n) is 19.9. The molecule has 5 rings (SSSR count). The van der Waals surface area contributed by atoms with E-state index in [2.05, 4.69) is 42.1 Å². The summed E-state index contributed by atoms with van der Waals surface area (Å²) in [4.78, 5) is 14.0. The summed E-state index contributed by atoms with van der Waals surface area (Å²) >= 11 is 0. The van der Waals surface area contributed by atoms with E-state index in [1.54, 1.807) is 6.07 Å². The van der Waals surface area contributed by atoms with E-state index < -0.39 is 10.0 Å². The molecule has 35 heavy (non-hydrogen) atoms. The van der Waals surface area contributed by atoms with Gasteiger partial charge in [-0.1, -0.05) is 18.2 Å². The Morgan fingerprint density at radius 3 is 2.54 bits per heavy atom. The fourth-order valence-corrected chi connectivity index (χ4v) is 5.28. The Kier molecular flexibility index (Phi) is 6.44. The van der Waals surface area contributed by atoms with Crippen LogP contribution >= 0.6 is 0 Å². The summed E-state index contributed by atoms with van der Waals surface area (Å²) < 4.78 is 27.2. The predicted octanol–water partition coefficient (Wildman–Crippen LogP) is 3.08. The molecule has 1 saturated carbocycles. The number of aromatic amines is 1. The van der Waals surface area contributed by atoms with E-state index in [-0.39, 0.29) is 5.25 Å². The Hall–Kier alpha value is -3.44. The Balaban J connectivity index is 1.39. The van der Waals surface area contributed by atoms with Gasteiger partial charge < -0.3 is 15.1 Å². The standard InChI is InChI=1S/C24H30N8O2S/c1-17-14-23(29-28-17)26-22-16-24(32-12-10-31(2)11-13-32)27-21(25-22)9-6-18-4-3-5-19(15-18)30-35(33,34)20-7-8-20/h3-6,9,14-16,20,30H,7-8,10-13H2,1-2H3,(H2,25,26,27,28,29). The van der Waals surface area contributed by atoms with E-state index in [9.17, 15) is 8.42 Å². The molecule has 1 aliphatic carbocycles. The number of nitrogens with one attached hydrogen (secondary N) is 3. The molecule has 0 amide bonds. The maximum Gasteiger partial charge on any atom is 0.235 e. The molecule has 0 spiro atoms. The van der Waals surface area contributed by atoms with Crippen molar-refractivity contribution in [1.29, 1.82) is 0 Å². The number of nitrogens with zero attached hydrogens (tertiary/aromatic N) is 5. The van der Waals surface area contributed by atoms with Gasteiger partial charge in [-0.3, -0.25) is 9.82 Å². The van der Waals surface area contributed by atoms with Gasteiger partial charge in [-0.05, 0) is 50.6 Å². The van der Waals surface area contributed by atoms with Crippen molar-refractivity contribution in [2.45, 2.75) is 25.0 Å². The summed E-state index contributed by atoms with van der Waals surface area (Å²) in [7, 11) is -1.18. The lowest BCUT2D eigenvalue weighted by Gasteiger charge is -2.33. The molecular weight excluding hydrogens is 464 g/mol. The van der Waals surface area contributed by atoms with Gasteiger partial charge in [-0.15, -0.1) is 0 Å². The van der Waals surface area contributed by atoms with Crippen molar-refractivity contribution >= 4 is 45.3 Å². The van der Waals surface area contributed by atoms with E-state index >= 15 is 0 Å². The van der Waals surface area contributed by atoms with Crippen LogP contribution in [0.5, 0.6) is 0 Å². The first-order chi connectivity index (χ1) is 16.8. The predicted molar refractivity (Wildman–Crippen MR) is 139 cm³/mol. The molecule has 2 aliphatic rings. The highest BCUT2D eigenvalue weighted by molar-refractivity contribution is 7.93. The lowest BCUT2D eigenvalue weighted by Crippen LogP contribution is -2.44. The summed E-state index contributed by atoms with van der Waals surface area (Å²) in [5.41, 5.74) is 2.37. The maximum absolute atomic E-state index is 12.3. The van der Waals surface area contributed by atoms with E-state index in [0.717, 1.165) is 56.1 Å². The van der Waals surface area contributed by atoms with Crippen LogP contribution in [0.3, 0.4) is 0 Å².